The van der Waals surface area contributed by atoms with Crippen LogP contribution in [0.4, 0.5) is 0 Å². The lowest BCUT2D eigenvalue weighted by atomic mass is 10.0. The molecular weight excluding hydrogens is 198 g/mol. The molecule has 1 aliphatic carbocycles. The van der Waals surface area contributed by atoms with Crippen molar-refractivity contribution in [3.8, 4) is 5.75 Å². The van der Waals surface area contributed by atoms with Gasteiger partial charge < -0.3 is 10.8 Å². The minimum absolute atomic E-state index is 0.0504. The summed E-state index contributed by atoms with van der Waals surface area (Å²) in [4.78, 5) is 0. The zero-order valence-electron chi connectivity index (χ0n) is 7.96. The number of hydrogen-bond acceptors (Lipinski definition) is 2. The molecule has 0 unspecified atom stereocenters. The van der Waals surface area contributed by atoms with E-state index in [1.54, 1.807) is 18.2 Å². The number of phenolic OH excluding ortho intramolecular Hbond substituents is 1. The molecule has 14 heavy (non-hydrogen) atoms. The molecule has 0 saturated heterocycles. The first-order chi connectivity index (χ1) is 6.59. The van der Waals surface area contributed by atoms with E-state index in [4.69, 9.17) is 17.3 Å². The van der Waals surface area contributed by atoms with Crippen LogP contribution in [-0.2, 0) is 6.42 Å². The number of aryl methyl sites for hydroxylation is 1. The maximum Gasteiger partial charge on any atom is 0.115 e. The van der Waals surface area contributed by atoms with Gasteiger partial charge in [0.05, 0.1) is 0 Å². The van der Waals surface area contributed by atoms with Crippen molar-refractivity contribution in [1.82, 2.24) is 0 Å². The lowest BCUT2D eigenvalue weighted by Gasteiger charge is -2.09. The Morgan fingerprint density at radius 2 is 2.14 bits per heavy atom. The highest BCUT2D eigenvalue weighted by molar-refractivity contribution is 6.31. The number of phenols is 1. The molecule has 2 nitrogen and oxygen atoms in total. The van der Waals surface area contributed by atoms with Crippen LogP contribution in [0.25, 0.3) is 0 Å². The maximum absolute atomic E-state index is 9.29. The van der Waals surface area contributed by atoms with Crippen LogP contribution in [-0.4, -0.2) is 10.6 Å². The van der Waals surface area contributed by atoms with Crippen molar-refractivity contribution in [3.05, 3.63) is 28.8 Å². The van der Waals surface area contributed by atoms with Crippen LogP contribution in [0, 0.1) is 0 Å². The average Bonchev–Trinajstić information content (AvgIpc) is 2.87. The van der Waals surface area contributed by atoms with Crippen molar-refractivity contribution in [3.63, 3.8) is 0 Å². The van der Waals surface area contributed by atoms with Gasteiger partial charge in [0.15, 0.2) is 0 Å². The van der Waals surface area contributed by atoms with Crippen molar-refractivity contribution in [1.29, 1.82) is 0 Å². The van der Waals surface area contributed by atoms with Gasteiger partial charge in [0.2, 0.25) is 0 Å². The molecule has 0 atom stereocenters. The number of aromatic hydroxyl groups is 1. The monoisotopic (exact) mass is 211 g/mol. The van der Waals surface area contributed by atoms with Crippen molar-refractivity contribution in [2.75, 3.05) is 0 Å². The molecule has 3 heteroatoms. The molecule has 1 aromatic rings. The molecule has 2 rings (SSSR count). The Hall–Kier alpha value is -0.730. The molecule has 1 saturated carbocycles. The molecule has 0 heterocycles. The summed E-state index contributed by atoms with van der Waals surface area (Å²) in [5.41, 5.74) is 7.02. The molecule has 1 fully saturated rings. The van der Waals surface area contributed by atoms with Crippen LogP contribution in [0.3, 0.4) is 0 Å². The second-order valence-electron chi connectivity index (χ2n) is 4.14. The van der Waals surface area contributed by atoms with E-state index in [0.29, 0.717) is 5.02 Å². The fraction of sp³-hybridized carbons (Fsp3) is 0.455. The van der Waals surface area contributed by atoms with Crippen LogP contribution in [0.5, 0.6) is 5.75 Å². The summed E-state index contributed by atoms with van der Waals surface area (Å²) in [5, 5.41) is 10.0. The number of rotatable bonds is 3. The van der Waals surface area contributed by atoms with Crippen LogP contribution in [0.2, 0.25) is 5.02 Å². The highest BCUT2D eigenvalue weighted by Gasteiger charge is 2.37. The van der Waals surface area contributed by atoms with Crippen LogP contribution < -0.4 is 5.73 Å². The van der Waals surface area contributed by atoms with Gasteiger partial charge in [-0.25, -0.2) is 0 Å². The number of halogens is 1. The molecule has 0 aromatic heterocycles. The third-order valence-corrected chi connectivity index (χ3v) is 3.18. The van der Waals surface area contributed by atoms with Crippen molar-refractivity contribution < 1.29 is 5.11 Å². The van der Waals surface area contributed by atoms with Gasteiger partial charge in [0.1, 0.15) is 5.75 Å². The van der Waals surface area contributed by atoms with Gasteiger partial charge >= 0.3 is 0 Å². The minimum Gasteiger partial charge on any atom is -0.508 e. The Morgan fingerprint density at radius 3 is 2.79 bits per heavy atom. The summed E-state index contributed by atoms with van der Waals surface area (Å²) in [6, 6.07) is 5.04. The van der Waals surface area contributed by atoms with E-state index in [0.717, 1.165) is 31.2 Å². The predicted octanol–water partition coefficient (Wildman–Crippen LogP) is 2.47. The molecule has 1 aromatic carbocycles. The van der Waals surface area contributed by atoms with Crippen LogP contribution >= 0.6 is 11.6 Å². The third-order valence-electron chi connectivity index (χ3n) is 2.81. The van der Waals surface area contributed by atoms with E-state index < -0.39 is 0 Å². The zero-order chi connectivity index (χ0) is 10.2. The summed E-state index contributed by atoms with van der Waals surface area (Å²) >= 11 is 5.99. The highest BCUT2D eigenvalue weighted by Crippen LogP contribution is 2.37. The Bertz CT molecular complexity index is 347. The highest BCUT2D eigenvalue weighted by atomic mass is 35.5. The first-order valence-electron chi connectivity index (χ1n) is 4.85. The minimum atomic E-state index is 0.0504. The third kappa shape index (κ3) is 2.20. The molecule has 76 valence electrons. The smallest absolute Gasteiger partial charge is 0.115 e. The van der Waals surface area contributed by atoms with Crippen molar-refractivity contribution in [2.45, 2.75) is 31.2 Å². The van der Waals surface area contributed by atoms with Gasteiger partial charge in [-0.2, -0.15) is 0 Å². The first kappa shape index (κ1) is 9.81. The second-order valence-corrected chi connectivity index (χ2v) is 4.55. The van der Waals surface area contributed by atoms with Crippen LogP contribution in [0.15, 0.2) is 18.2 Å². The lowest BCUT2D eigenvalue weighted by Crippen LogP contribution is -2.22. The SMILES string of the molecule is NC1(CCc2cc(O)ccc2Cl)CC1. The van der Waals surface area contributed by atoms with E-state index in [9.17, 15) is 5.11 Å². The Kier molecular flexibility index (Phi) is 2.41. The quantitative estimate of drug-likeness (QED) is 0.807. The molecule has 0 spiro atoms. The Balaban J connectivity index is 2.04. The van der Waals surface area contributed by atoms with Gasteiger partial charge in [0, 0.05) is 10.6 Å². The summed E-state index contributed by atoms with van der Waals surface area (Å²) < 4.78 is 0. The van der Waals surface area contributed by atoms with E-state index in [1.165, 1.54) is 0 Å². The van der Waals surface area contributed by atoms with Gasteiger partial charge in [-0.05, 0) is 49.4 Å². The molecule has 0 aliphatic heterocycles. The van der Waals surface area contributed by atoms with Gasteiger partial charge in [-0.15, -0.1) is 0 Å². The zero-order valence-corrected chi connectivity index (χ0v) is 8.72. The molecule has 0 amide bonds. The maximum atomic E-state index is 9.29. The van der Waals surface area contributed by atoms with Gasteiger partial charge in [-0.1, -0.05) is 11.6 Å². The lowest BCUT2D eigenvalue weighted by molar-refractivity contribution is 0.474. The molecule has 0 radical (unpaired) electrons. The normalized spacial score (nSPS) is 18.1. The summed E-state index contributed by atoms with van der Waals surface area (Å²) in [6.07, 6.45) is 4.03. The summed E-state index contributed by atoms with van der Waals surface area (Å²) in [6.45, 7) is 0. The molecule has 0 bridgehead atoms. The fourth-order valence-electron chi connectivity index (χ4n) is 1.55. The van der Waals surface area contributed by atoms with E-state index >= 15 is 0 Å². The molecular formula is C11H14ClNO. The molecule has 3 N–H and O–H groups in total. The second kappa shape index (κ2) is 3.44. The fourth-order valence-corrected chi connectivity index (χ4v) is 1.76. The summed E-state index contributed by atoms with van der Waals surface area (Å²) in [7, 11) is 0. The number of nitrogens with two attached hydrogens (primary N) is 1. The van der Waals surface area contributed by atoms with E-state index in [-0.39, 0.29) is 11.3 Å². The molecule has 1 aliphatic rings. The first-order valence-corrected chi connectivity index (χ1v) is 5.23. The Morgan fingerprint density at radius 1 is 1.43 bits per heavy atom. The van der Waals surface area contributed by atoms with Gasteiger partial charge in [-0.3, -0.25) is 0 Å². The van der Waals surface area contributed by atoms with E-state index in [2.05, 4.69) is 0 Å². The topological polar surface area (TPSA) is 46.2 Å². The van der Waals surface area contributed by atoms with Crippen LogP contribution in [0.1, 0.15) is 24.8 Å². The van der Waals surface area contributed by atoms with E-state index in [1.807, 2.05) is 0 Å². The van der Waals surface area contributed by atoms with Crippen molar-refractivity contribution in [2.24, 2.45) is 5.73 Å². The standard InChI is InChI=1S/C11H14ClNO/c12-10-2-1-9(14)7-8(10)3-4-11(13)5-6-11/h1-2,7,14H,3-6,13H2. The average molecular weight is 212 g/mol. The van der Waals surface area contributed by atoms with Gasteiger partial charge in [0.25, 0.3) is 0 Å². The Labute approximate surface area is 88.7 Å². The summed E-state index contributed by atoms with van der Waals surface area (Å²) in [5.74, 6) is 0.270. The van der Waals surface area contributed by atoms with Crippen molar-refractivity contribution >= 4 is 11.6 Å². The predicted molar refractivity (Wildman–Crippen MR) is 57.6 cm³/mol. The largest absolute Gasteiger partial charge is 0.508 e. The number of benzene rings is 1. The number of hydrogen-bond donors (Lipinski definition) is 2.